The molecule has 3 aliphatic heterocycles. The van der Waals surface area contributed by atoms with Gasteiger partial charge >= 0.3 is 0 Å². The van der Waals surface area contributed by atoms with Crippen LogP contribution >= 0.6 is 0 Å². The molecule has 6 rings (SSSR count). The number of nitrogen functional groups attached to an aromatic ring is 1. The van der Waals surface area contributed by atoms with E-state index in [-0.39, 0.29) is 11.8 Å². The van der Waals surface area contributed by atoms with Crippen molar-refractivity contribution in [3.63, 3.8) is 0 Å². The van der Waals surface area contributed by atoms with Gasteiger partial charge in [-0.05, 0) is 25.0 Å². The summed E-state index contributed by atoms with van der Waals surface area (Å²) in [6, 6.07) is 5.30. The van der Waals surface area contributed by atoms with E-state index in [1.165, 1.54) is 6.33 Å². The number of rotatable bonds is 0. The second kappa shape index (κ2) is 8.37. The first-order chi connectivity index (χ1) is 15.6. The SMILES string of the molecule is Nc1ccc2cc1OCCCCC(=O)N1CCN(CC1)c1ncnc3[nH]c(O)c(c13)C=N2. The van der Waals surface area contributed by atoms with Crippen LogP contribution in [0.25, 0.3) is 11.0 Å². The average molecular weight is 435 g/mol. The maximum Gasteiger partial charge on any atom is 0.222 e. The van der Waals surface area contributed by atoms with Crippen LogP contribution in [0.5, 0.6) is 11.6 Å². The molecule has 3 aromatic rings. The standard InChI is InChI=1S/C22H25N7O3/c23-16-5-4-14-11-17(16)32-10-2-1-3-18(30)28-6-8-29(9-7-28)21-19-15(12-24-14)22(31)27-20(19)25-13-26-21/h4-5,11-13,31H,1-3,6-10,23H2,(H,25,26,27). The fraction of sp³-hybridized carbons (Fsp3) is 0.364. The lowest BCUT2D eigenvalue weighted by Gasteiger charge is -2.35. The van der Waals surface area contributed by atoms with E-state index in [2.05, 4.69) is 24.8 Å². The molecule has 0 atom stereocenters. The summed E-state index contributed by atoms with van der Waals surface area (Å²) in [4.78, 5) is 32.9. The number of aromatic hydroxyl groups is 1. The maximum absolute atomic E-state index is 12.6. The Balaban J connectivity index is 1.57. The third kappa shape index (κ3) is 3.79. The van der Waals surface area contributed by atoms with Gasteiger partial charge < -0.3 is 30.4 Å². The predicted molar refractivity (Wildman–Crippen MR) is 122 cm³/mol. The molecule has 0 radical (unpaired) electrons. The number of fused-ring (bicyclic) bond motifs is 7. The number of nitrogens with one attached hydrogen (secondary N) is 1. The van der Waals surface area contributed by atoms with Crippen molar-refractivity contribution in [3.8, 4) is 11.6 Å². The minimum absolute atomic E-state index is 0.0272. The van der Waals surface area contributed by atoms with Crippen LogP contribution in [0, 0.1) is 0 Å². The number of ether oxygens (including phenoxy) is 1. The molecule has 3 aliphatic rings. The minimum atomic E-state index is -0.0272. The van der Waals surface area contributed by atoms with E-state index in [0.29, 0.717) is 78.7 Å². The second-order valence-electron chi connectivity index (χ2n) is 7.96. The van der Waals surface area contributed by atoms with Crippen LogP contribution in [0.2, 0.25) is 0 Å². The molecule has 4 N–H and O–H groups in total. The van der Waals surface area contributed by atoms with Crippen molar-refractivity contribution in [3.05, 3.63) is 30.1 Å². The summed E-state index contributed by atoms with van der Waals surface area (Å²) in [5.41, 5.74) is 8.25. The second-order valence-corrected chi connectivity index (χ2v) is 7.96. The number of benzene rings is 1. The summed E-state index contributed by atoms with van der Waals surface area (Å²) in [7, 11) is 0. The third-order valence-corrected chi connectivity index (χ3v) is 5.90. The van der Waals surface area contributed by atoms with E-state index >= 15 is 0 Å². The van der Waals surface area contributed by atoms with Gasteiger partial charge in [0.2, 0.25) is 5.91 Å². The van der Waals surface area contributed by atoms with Crippen LogP contribution in [0.4, 0.5) is 17.2 Å². The number of aromatic amines is 1. The van der Waals surface area contributed by atoms with Gasteiger partial charge in [-0.3, -0.25) is 9.79 Å². The molecule has 10 nitrogen and oxygen atoms in total. The molecule has 1 aromatic carbocycles. The van der Waals surface area contributed by atoms with Crippen LogP contribution < -0.4 is 15.4 Å². The summed E-state index contributed by atoms with van der Waals surface area (Å²) in [5.74, 6) is 1.39. The van der Waals surface area contributed by atoms with Crippen molar-refractivity contribution in [2.24, 2.45) is 4.99 Å². The number of nitrogens with zero attached hydrogens (tertiary/aromatic N) is 5. The number of hydrogen-bond donors (Lipinski definition) is 3. The molecule has 5 heterocycles. The first-order valence-electron chi connectivity index (χ1n) is 10.7. The molecule has 2 aromatic heterocycles. The van der Waals surface area contributed by atoms with E-state index in [9.17, 15) is 9.90 Å². The number of carbonyl (C=O) groups excluding carboxylic acids is 1. The Morgan fingerprint density at radius 1 is 1.09 bits per heavy atom. The van der Waals surface area contributed by atoms with Crippen LogP contribution in [0.3, 0.4) is 0 Å². The zero-order valence-electron chi connectivity index (χ0n) is 17.6. The summed E-state index contributed by atoms with van der Waals surface area (Å²) in [6.45, 7) is 3.04. The first kappa shape index (κ1) is 20.1. The summed E-state index contributed by atoms with van der Waals surface area (Å²) in [5, 5.41) is 11.2. The zero-order chi connectivity index (χ0) is 22.1. The molecule has 0 saturated carbocycles. The largest absolute Gasteiger partial charge is 0.494 e. The van der Waals surface area contributed by atoms with Crippen LogP contribution in [0.15, 0.2) is 29.5 Å². The van der Waals surface area contributed by atoms with Crippen molar-refractivity contribution in [1.82, 2.24) is 19.9 Å². The molecule has 4 bridgehead atoms. The number of piperazine rings is 1. The van der Waals surface area contributed by atoms with Crippen molar-refractivity contribution in [2.45, 2.75) is 19.3 Å². The Bertz CT molecular complexity index is 1180. The Labute approximate surface area is 184 Å². The first-order valence-corrected chi connectivity index (χ1v) is 10.7. The molecular formula is C22H25N7O3. The lowest BCUT2D eigenvalue weighted by molar-refractivity contribution is -0.131. The lowest BCUT2D eigenvalue weighted by Crippen LogP contribution is -2.49. The van der Waals surface area contributed by atoms with Gasteiger partial charge in [-0.1, -0.05) is 0 Å². The van der Waals surface area contributed by atoms with Gasteiger partial charge in [0.1, 0.15) is 23.5 Å². The number of anilines is 2. The van der Waals surface area contributed by atoms with Crippen LogP contribution in [-0.2, 0) is 4.79 Å². The molecule has 1 amide bonds. The van der Waals surface area contributed by atoms with E-state index in [0.717, 1.165) is 12.8 Å². The van der Waals surface area contributed by atoms with Crippen LogP contribution in [0.1, 0.15) is 24.8 Å². The average Bonchev–Trinajstić information content (AvgIpc) is 3.13. The van der Waals surface area contributed by atoms with Gasteiger partial charge in [0, 0.05) is 44.9 Å². The predicted octanol–water partition coefficient (Wildman–Crippen LogP) is 2.21. The third-order valence-electron chi connectivity index (χ3n) is 5.90. The van der Waals surface area contributed by atoms with E-state index in [1.807, 2.05) is 4.90 Å². The highest BCUT2D eigenvalue weighted by Gasteiger charge is 2.25. The smallest absolute Gasteiger partial charge is 0.222 e. The molecule has 1 fully saturated rings. The number of nitrogens with two attached hydrogens (primary N) is 1. The Hall–Kier alpha value is -3.82. The lowest BCUT2D eigenvalue weighted by atomic mass is 10.2. The molecule has 1 saturated heterocycles. The number of amides is 1. The number of H-pyrrole nitrogens is 1. The topological polar surface area (TPSA) is 133 Å². The van der Waals surface area contributed by atoms with Gasteiger partial charge in [0.05, 0.1) is 28.9 Å². The van der Waals surface area contributed by atoms with Gasteiger partial charge in [-0.2, -0.15) is 0 Å². The molecule has 32 heavy (non-hydrogen) atoms. The summed E-state index contributed by atoms with van der Waals surface area (Å²) < 4.78 is 5.84. The normalized spacial score (nSPS) is 17.3. The monoisotopic (exact) mass is 435 g/mol. The minimum Gasteiger partial charge on any atom is -0.494 e. The molecule has 0 aliphatic carbocycles. The van der Waals surface area contributed by atoms with E-state index in [1.54, 1.807) is 24.4 Å². The Morgan fingerprint density at radius 2 is 1.91 bits per heavy atom. The zero-order valence-corrected chi connectivity index (χ0v) is 17.6. The van der Waals surface area contributed by atoms with Crippen molar-refractivity contribution < 1.29 is 14.6 Å². The molecule has 0 unspecified atom stereocenters. The number of carbonyl (C=O) groups is 1. The van der Waals surface area contributed by atoms with E-state index < -0.39 is 0 Å². The highest BCUT2D eigenvalue weighted by atomic mass is 16.5. The highest BCUT2D eigenvalue weighted by Crippen LogP contribution is 2.33. The number of hydrogen-bond acceptors (Lipinski definition) is 8. The van der Waals surface area contributed by atoms with Gasteiger partial charge in [0.15, 0.2) is 5.88 Å². The fourth-order valence-corrected chi connectivity index (χ4v) is 4.14. The number of aromatic nitrogens is 3. The molecule has 166 valence electrons. The summed E-state index contributed by atoms with van der Waals surface area (Å²) >= 11 is 0. The Kier molecular flexibility index (Phi) is 5.26. The van der Waals surface area contributed by atoms with Crippen molar-refractivity contribution in [2.75, 3.05) is 43.4 Å². The van der Waals surface area contributed by atoms with Gasteiger partial charge in [-0.25, -0.2) is 9.97 Å². The highest BCUT2D eigenvalue weighted by molar-refractivity contribution is 6.06. The van der Waals surface area contributed by atoms with Crippen molar-refractivity contribution >= 4 is 40.3 Å². The molecular weight excluding hydrogens is 410 g/mol. The fourth-order valence-electron chi connectivity index (χ4n) is 4.14. The molecule has 0 spiro atoms. The quantitative estimate of drug-likeness (QED) is 0.461. The molecule has 10 heteroatoms. The van der Waals surface area contributed by atoms with E-state index in [4.69, 9.17) is 10.5 Å². The van der Waals surface area contributed by atoms with Gasteiger partial charge in [-0.15, -0.1) is 0 Å². The Morgan fingerprint density at radius 3 is 2.75 bits per heavy atom. The maximum atomic E-state index is 12.6. The number of aliphatic imine (C=N–C) groups is 1. The van der Waals surface area contributed by atoms with Gasteiger partial charge in [0.25, 0.3) is 0 Å². The summed E-state index contributed by atoms with van der Waals surface area (Å²) in [6.07, 6.45) is 5.09. The van der Waals surface area contributed by atoms with Crippen molar-refractivity contribution in [1.29, 1.82) is 0 Å². The van der Waals surface area contributed by atoms with Crippen LogP contribution in [-0.4, -0.2) is 69.9 Å².